The van der Waals surface area contributed by atoms with Crippen LogP contribution in [0.5, 0.6) is 0 Å². The molecule has 27 heavy (non-hydrogen) atoms. The van der Waals surface area contributed by atoms with Crippen LogP contribution in [-0.4, -0.2) is 41.7 Å². The van der Waals surface area contributed by atoms with Crippen LogP contribution in [0.3, 0.4) is 0 Å². The number of hydrogen-bond acceptors (Lipinski definition) is 4. The lowest BCUT2D eigenvalue weighted by atomic mass is 10.1. The Hall–Kier alpha value is -2.59. The van der Waals surface area contributed by atoms with E-state index in [4.69, 9.17) is 4.74 Å². The zero-order valence-corrected chi connectivity index (χ0v) is 15.9. The smallest absolute Gasteiger partial charge is 0.262 e. The van der Waals surface area contributed by atoms with Crippen molar-refractivity contribution in [3.63, 3.8) is 0 Å². The highest BCUT2D eigenvalue weighted by atomic mass is 16.5. The highest BCUT2D eigenvalue weighted by molar-refractivity contribution is 6.03. The fourth-order valence-electron chi connectivity index (χ4n) is 3.70. The third-order valence-electron chi connectivity index (χ3n) is 5.28. The molecule has 144 valence electrons. The van der Waals surface area contributed by atoms with Crippen LogP contribution in [0.4, 0.5) is 0 Å². The van der Waals surface area contributed by atoms with Gasteiger partial charge in [-0.1, -0.05) is 0 Å². The molecule has 0 aromatic carbocycles. The molecule has 7 heteroatoms. The van der Waals surface area contributed by atoms with Gasteiger partial charge in [-0.05, 0) is 57.2 Å². The molecule has 7 nitrogen and oxygen atoms in total. The summed E-state index contributed by atoms with van der Waals surface area (Å²) in [5, 5.41) is 14.8. The van der Waals surface area contributed by atoms with Gasteiger partial charge in [0.05, 0.1) is 6.10 Å². The highest BCUT2D eigenvalue weighted by Gasteiger charge is 2.25. The molecule has 3 heterocycles. The van der Waals surface area contributed by atoms with Crippen LogP contribution in [0.1, 0.15) is 42.6 Å². The van der Waals surface area contributed by atoms with Gasteiger partial charge in [-0.2, -0.15) is 5.26 Å². The standard InChI is InChI=1S/C20H26N4O3/c1-13-9-15(14(2)24(13)12-17-5-4-8-27-17)10-16(11-21)19(25)23-18-6-3-7-22-20(18)26/h9-10,17-18H,3-8,12H2,1-2H3,(H,22,26)(H,23,25)/b16-10+. The topological polar surface area (TPSA) is 96.2 Å². The number of nitrogens with zero attached hydrogens (tertiary/aromatic N) is 2. The van der Waals surface area contributed by atoms with Crippen molar-refractivity contribution in [2.24, 2.45) is 0 Å². The minimum atomic E-state index is -0.574. The molecule has 2 amide bonds. The van der Waals surface area contributed by atoms with Gasteiger partial charge in [-0.25, -0.2) is 0 Å². The largest absolute Gasteiger partial charge is 0.376 e. The molecule has 2 unspecified atom stereocenters. The summed E-state index contributed by atoms with van der Waals surface area (Å²) in [6.07, 6.45) is 5.36. The molecule has 0 bridgehead atoms. The van der Waals surface area contributed by atoms with E-state index < -0.39 is 11.9 Å². The Balaban J connectivity index is 1.75. The van der Waals surface area contributed by atoms with E-state index in [1.807, 2.05) is 26.0 Å². The third kappa shape index (κ3) is 4.40. The number of nitrogens with one attached hydrogen (secondary N) is 2. The molecule has 3 rings (SSSR count). The van der Waals surface area contributed by atoms with Crippen molar-refractivity contribution >= 4 is 17.9 Å². The van der Waals surface area contributed by atoms with E-state index in [1.165, 1.54) is 0 Å². The Bertz CT molecular complexity index is 797. The Morgan fingerprint density at radius 2 is 2.26 bits per heavy atom. The first-order chi connectivity index (χ1) is 13.0. The van der Waals surface area contributed by atoms with Crippen LogP contribution in [0.25, 0.3) is 6.08 Å². The van der Waals surface area contributed by atoms with E-state index in [-0.39, 0.29) is 17.6 Å². The van der Waals surface area contributed by atoms with E-state index in [1.54, 1.807) is 6.08 Å². The van der Waals surface area contributed by atoms with Crippen LogP contribution in [0.15, 0.2) is 11.6 Å². The molecule has 2 aliphatic rings. The number of carbonyl (C=O) groups excluding carboxylic acids is 2. The number of ether oxygens (including phenoxy) is 1. The number of amides is 2. The lowest BCUT2D eigenvalue weighted by Gasteiger charge is -2.22. The summed E-state index contributed by atoms with van der Waals surface area (Å²) in [5.41, 5.74) is 2.91. The van der Waals surface area contributed by atoms with Crippen molar-refractivity contribution < 1.29 is 14.3 Å². The molecule has 0 spiro atoms. The van der Waals surface area contributed by atoms with Crippen LogP contribution < -0.4 is 10.6 Å². The molecular weight excluding hydrogens is 344 g/mol. The maximum atomic E-state index is 12.5. The number of aryl methyl sites for hydroxylation is 1. The molecule has 1 aromatic rings. The minimum absolute atomic E-state index is 0.00531. The first-order valence-electron chi connectivity index (χ1n) is 9.48. The van der Waals surface area contributed by atoms with Crippen molar-refractivity contribution in [1.82, 2.24) is 15.2 Å². The number of piperidine rings is 1. The van der Waals surface area contributed by atoms with Crippen molar-refractivity contribution in [2.75, 3.05) is 13.2 Å². The number of nitriles is 1. The van der Waals surface area contributed by atoms with Gasteiger partial charge in [0, 0.05) is 31.1 Å². The number of rotatable bonds is 5. The van der Waals surface area contributed by atoms with Gasteiger partial charge < -0.3 is 19.9 Å². The molecule has 0 saturated carbocycles. The lowest BCUT2D eigenvalue weighted by Crippen LogP contribution is -2.50. The first-order valence-corrected chi connectivity index (χ1v) is 9.48. The normalized spacial score (nSPS) is 23.0. The van der Waals surface area contributed by atoms with Crippen molar-refractivity contribution in [2.45, 2.75) is 58.2 Å². The Morgan fingerprint density at radius 1 is 1.44 bits per heavy atom. The molecule has 2 aliphatic heterocycles. The van der Waals surface area contributed by atoms with Crippen LogP contribution in [0.2, 0.25) is 0 Å². The molecule has 2 fully saturated rings. The minimum Gasteiger partial charge on any atom is -0.376 e. The maximum Gasteiger partial charge on any atom is 0.262 e. The van der Waals surface area contributed by atoms with E-state index in [0.29, 0.717) is 13.0 Å². The Labute approximate surface area is 159 Å². The van der Waals surface area contributed by atoms with Crippen molar-refractivity contribution in [1.29, 1.82) is 5.26 Å². The van der Waals surface area contributed by atoms with Gasteiger partial charge in [0.25, 0.3) is 5.91 Å². The fraction of sp³-hybridized carbons (Fsp3) is 0.550. The average Bonchev–Trinajstić information content (AvgIpc) is 3.25. The third-order valence-corrected chi connectivity index (χ3v) is 5.28. The summed E-state index contributed by atoms with van der Waals surface area (Å²) in [6.45, 7) is 6.21. The maximum absolute atomic E-state index is 12.5. The monoisotopic (exact) mass is 370 g/mol. The molecule has 0 radical (unpaired) electrons. The second-order valence-electron chi connectivity index (χ2n) is 7.20. The SMILES string of the molecule is Cc1cc(/C=C(\C#N)C(=O)NC2CCCNC2=O)c(C)n1CC1CCCO1. The molecular formula is C20H26N4O3. The molecule has 1 aromatic heterocycles. The van der Waals surface area contributed by atoms with E-state index >= 15 is 0 Å². The van der Waals surface area contributed by atoms with Crippen molar-refractivity contribution in [3.8, 4) is 6.07 Å². The zero-order chi connectivity index (χ0) is 19.4. The van der Waals surface area contributed by atoms with Gasteiger partial charge in [0.2, 0.25) is 5.91 Å². The lowest BCUT2D eigenvalue weighted by molar-refractivity contribution is -0.128. The first kappa shape index (κ1) is 19.2. The number of aromatic nitrogens is 1. The second kappa shape index (κ2) is 8.40. The van der Waals surface area contributed by atoms with Crippen molar-refractivity contribution in [3.05, 3.63) is 28.6 Å². The van der Waals surface area contributed by atoms with Crippen LogP contribution in [-0.2, 0) is 20.9 Å². The van der Waals surface area contributed by atoms with Gasteiger partial charge in [-0.3, -0.25) is 9.59 Å². The molecule has 2 N–H and O–H groups in total. The predicted molar refractivity (Wildman–Crippen MR) is 101 cm³/mol. The van der Waals surface area contributed by atoms with E-state index in [0.717, 1.165) is 49.4 Å². The van der Waals surface area contributed by atoms with Gasteiger partial charge in [-0.15, -0.1) is 0 Å². The highest BCUT2D eigenvalue weighted by Crippen LogP contribution is 2.22. The van der Waals surface area contributed by atoms with E-state index in [9.17, 15) is 14.9 Å². The quantitative estimate of drug-likeness (QED) is 0.608. The number of carbonyl (C=O) groups is 2. The summed E-state index contributed by atoms with van der Waals surface area (Å²) < 4.78 is 7.89. The molecule has 0 aliphatic carbocycles. The van der Waals surface area contributed by atoms with Gasteiger partial charge >= 0.3 is 0 Å². The zero-order valence-electron chi connectivity index (χ0n) is 15.9. The summed E-state index contributed by atoms with van der Waals surface area (Å²) in [6, 6.07) is 3.37. The van der Waals surface area contributed by atoms with E-state index in [2.05, 4.69) is 15.2 Å². The van der Waals surface area contributed by atoms with Gasteiger partial charge in [0.15, 0.2) is 0 Å². The van der Waals surface area contributed by atoms with Gasteiger partial charge in [0.1, 0.15) is 17.7 Å². The molecule has 2 saturated heterocycles. The molecule has 2 atom stereocenters. The summed E-state index contributed by atoms with van der Waals surface area (Å²) in [4.78, 5) is 24.3. The summed E-state index contributed by atoms with van der Waals surface area (Å²) in [7, 11) is 0. The Morgan fingerprint density at radius 3 is 2.93 bits per heavy atom. The Kier molecular flexibility index (Phi) is 5.97. The summed E-state index contributed by atoms with van der Waals surface area (Å²) in [5.74, 6) is -0.704. The number of hydrogen-bond donors (Lipinski definition) is 2. The second-order valence-corrected chi connectivity index (χ2v) is 7.20. The predicted octanol–water partition coefficient (Wildman–Crippen LogP) is 1.59. The average molecular weight is 370 g/mol. The van der Waals surface area contributed by atoms with Crippen LogP contribution >= 0.6 is 0 Å². The summed E-state index contributed by atoms with van der Waals surface area (Å²) >= 11 is 0. The fourth-order valence-corrected chi connectivity index (χ4v) is 3.70. The van der Waals surface area contributed by atoms with Crippen LogP contribution in [0, 0.1) is 25.2 Å².